The minimum atomic E-state index is -1.29. The van der Waals surface area contributed by atoms with Gasteiger partial charge in [0.25, 0.3) is 0 Å². The molecule has 19 heavy (non-hydrogen) atoms. The Morgan fingerprint density at radius 1 is 0.632 bits per heavy atom. The molecule has 0 radical (unpaired) electrons. The zero-order valence-electron chi connectivity index (χ0n) is 12.0. The van der Waals surface area contributed by atoms with Gasteiger partial charge < -0.3 is 0 Å². The monoisotopic (exact) mass is 348 g/mol. The van der Waals surface area contributed by atoms with Crippen LogP contribution in [0.1, 0.15) is 47.0 Å². The van der Waals surface area contributed by atoms with Crippen LogP contribution in [0.25, 0.3) is 0 Å². The number of hydrogen-bond acceptors (Lipinski definition) is 4. The normalized spacial score (nSPS) is 18.4. The smallest absolute Gasteiger partial charge is 0.113 e. The molecule has 8 heteroatoms. The van der Waals surface area contributed by atoms with E-state index >= 15 is 0 Å². The Bertz CT molecular complexity index is 332. The van der Waals surface area contributed by atoms with Crippen molar-refractivity contribution in [1.82, 2.24) is 0 Å². The Balaban J connectivity index is 3.77. The molecule has 0 bridgehead atoms. The van der Waals surface area contributed by atoms with Crippen LogP contribution >= 0.6 is 0 Å². The van der Waals surface area contributed by atoms with Crippen LogP contribution in [0, 0.1) is 0 Å². The predicted molar refractivity (Wildman–Crippen MR) is 86.4 cm³/mol. The van der Waals surface area contributed by atoms with Crippen molar-refractivity contribution in [2.45, 2.75) is 57.5 Å². The summed E-state index contributed by atoms with van der Waals surface area (Å²) in [6.45, 7) is 7.16. The summed E-state index contributed by atoms with van der Waals surface area (Å²) in [5, 5.41) is -0.163. The van der Waals surface area contributed by atoms with Gasteiger partial charge in [-0.1, -0.05) is 34.1 Å². The number of hydrogen-bond donors (Lipinski definition) is 0. The van der Waals surface area contributed by atoms with Gasteiger partial charge in [0.1, 0.15) is 39.3 Å². The van der Waals surface area contributed by atoms with Crippen LogP contribution in [-0.2, 0) is 39.3 Å². The lowest BCUT2D eigenvalue weighted by molar-refractivity contribution is 0.666. The van der Waals surface area contributed by atoms with Gasteiger partial charge in [0.05, 0.1) is 0 Å². The Hall–Kier alpha value is 0.600. The van der Waals surface area contributed by atoms with Crippen LogP contribution in [-0.4, -0.2) is 38.8 Å². The first kappa shape index (κ1) is 19.6. The highest BCUT2D eigenvalue weighted by Crippen LogP contribution is 2.07. The Morgan fingerprint density at radius 3 is 1.21 bits per heavy atom. The van der Waals surface area contributed by atoms with Gasteiger partial charge in [-0.15, -0.1) is 0 Å². The molecule has 0 aromatic carbocycles. The highest BCUT2D eigenvalue weighted by Gasteiger charge is 2.15. The van der Waals surface area contributed by atoms with Crippen LogP contribution in [0.2, 0.25) is 0 Å². The summed E-state index contributed by atoms with van der Waals surface area (Å²) >= 11 is 0. The van der Waals surface area contributed by atoms with Crippen LogP contribution in [0.5, 0.6) is 0 Å². The van der Waals surface area contributed by atoms with Gasteiger partial charge >= 0.3 is 0 Å². The average Bonchev–Trinajstić information content (AvgIpc) is 2.35. The minimum absolute atomic E-state index is 0.0817. The summed E-state index contributed by atoms with van der Waals surface area (Å²) < 4.78 is 46.2. The van der Waals surface area contributed by atoms with Gasteiger partial charge in [-0.05, 0) is 12.8 Å². The molecule has 0 aliphatic carbocycles. The van der Waals surface area contributed by atoms with Crippen molar-refractivity contribution in [1.29, 1.82) is 0 Å². The summed E-state index contributed by atoms with van der Waals surface area (Å²) in [6, 6.07) is 0. The maximum atomic E-state index is 11.6. The molecule has 0 aliphatic rings. The largest absolute Gasteiger partial charge is 0.245 e. The zero-order valence-corrected chi connectivity index (χ0v) is 15.2. The third-order valence-electron chi connectivity index (χ3n) is 2.26. The Kier molecular flexibility index (Phi) is 10.7. The summed E-state index contributed by atoms with van der Waals surface area (Å²) in [7, 11) is -5.14. The molecular weight excluding hydrogens is 324 g/mol. The van der Waals surface area contributed by atoms with E-state index in [0.29, 0.717) is 24.3 Å². The van der Waals surface area contributed by atoms with Gasteiger partial charge in [-0.3, -0.25) is 0 Å². The van der Waals surface area contributed by atoms with E-state index in [0.717, 1.165) is 6.42 Å². The predicted octanol–water partition coefficient (Wildman–Crippen LogP) is 1.80. The van der Waals surface area contributed by atoms with E-state index in [1.54, 1.807) is 27.7 Å². The summed E-state index contributed by atoms with van der Waals surface area (Å²) in [4.78, 5) is 0. The summed E-state index contributed by atoms with van der Waals surface area (Å²) in [5.41, 5.74) is 0. The molecule has 4 nitrogen and oxygen atoms in total. The first-order valence-electron chi connectivity index (χ1n) is 6.36. The van der Waals surface area contributed by atoms with Crippen molar-refractivity contribution < 1.29 is 16.8 Å². The Labute approximate surface area is 125 Å². The molecule has 0 aromatic rings. The van der Waals surface area contributed by atoms with Crippen molar-refractivity contribution in [2.24, 2.45) is 0 Å². The van der Waals surface area contributed by atoms with Crippen molar-refractivity contribution >= 4 is 39.3 Å². The maximum absolute atomic E-state index is 11.6. The first-order valence-corrected chi connectivity index (χ1v) is 12.5. The quantitative estimate of drug-likeness (QED) is 0.446. The fraction of sp³-hybridized carbons (Fsp3) is 1.00. The van der Waals surface area contributed by atoms with Crippen LogP contribution < -0.4 is 0 Å². The van der Waals surface area contributed by atoms with E-state index in [1.165, 1.54) is 0 Å². The standard InChI is InChI=1S/C11H24O4S4/c1-10(2)18(14)16(12)8-6-5-7-9-17(13)19(15)11(3)4/h10-11H,5-9H2,1-4H3. The fourth-order valence-corrected chi connectivity index (χ4v) is 7.55. The third-order valence-corrected chi connectivity index (χ3v) is 11.3. The summed E-state index contributed by atoms with van der Waals surface area (Å²) in [6.07, 6.45) is 2.19. The number of unbranched alkanes of at least 4 members (excludes halogenated alkanes) is 2. The van der Waals surface area contributed by atoms with Crippen LogP contribution in [0.4, 0.5) is 0 Å². The maximum Gasteiger partial charge on any atom is 0.113 e. The molecule has 0 aliphatic heterocycles. The van der Waals surface area contributed by atoms with Gasteiger partial charge in [0.15, 0.2) is 0 Å². The number of rotatable bonds is 10. The molecule has 116 valence electrons. The van der Waals surface area contributed by atoms with E-state index < -0.39 is 39.3 Å². The first-order chi connectivity index (χ1) is 8.77. The second kappa shape index (κ2) is 10.3. The lowest BCUT2D eigenvalue weighted by Gasteiger charge is -2.06. The minimum Gasteiger partial charge on any atom is -0.245 e. The average molecular weight is 349 g/mol. The van der Waals surface area contributed by atoms with Crippen molar-refractivity contribution in [3.05, 3.63) is 0 Å². The Morgan fingerprint density at radius 2 is 0.947 bits per heavy atom. The molecule has 4 atom stereocenters. The molecule has 0 spiro atoms. The molecule has 0 rings (SSSR count). The van der Waals surface area contributed by atoms with Crippen molar-refractivity contribution in [3.8, 4) is 0 Å². The molecule has 0 aromatic heterocycles. The van der Waals surface area contributed by atoms with E-state index in [1.807, 2.05) is 0 Å². The topological polar surface area (TPSA) is 68.3 Å². The molecule has 0 saturated carbocycles. The second-order valence-corrected chi connectivity index (χ2v) is 13.9. The molecule has 0 amide bonds. The third kappa shape index (κ3) is 8.47. The van der Waals surface area contributed by atoms with E-state index in [-0.39, 0.29) is 10.5 Å². The molecule has 0 saturated heterocycles. The molecule has 4 unspecified atom stereocenters. The summed E-state index contributed by atoms with van der Waals surface area (Å²) in [5.74, 6) is 0.843. The SMILES string of the molecule is CC(C)S(=O)S(=O)CCCCCS(=O)S(=O)C(C)C. The second-order valence-electron chi connectivity index (χ2n) is 4.69. The van der Waals surface area contributed by atoms with Gasteiger partial charge in [0, 0.05) is 22.0 Å². The fourth-order valence-electron chi connectivity index (χ4n) is 1.21. The zero-order chi connectivity index (χ0) is 15.0. The lowest BCUT2D eigenvalue weighted by Crippen LogP contribution is -2.15. The molecule has 0 heterocycles. The van der Waals surface area contributed by atoms with Crippen molar-refractivity contribution in [2.75, 3.05) is 11.5 Å². The van der Waals surface area contributed by atoms with Gasteiger partial charge in [-0.2, -0.15) is 0 Å². The van der Waals surface area contributed by atoms with E-state index in [9.17, 15) is 16.8 Å². The highest BCUT2D eigenvalue weighted by molar-refractivity contribution is 8.61. The van der Waals surface area contributed by atoms with E-state index in [2.05, 4.69) is 0 Å². The van der Waals surface area contributed by atoms with Gasteiger partial charge in [-0.25, -0.2) is 16.8 Å². The van der Waals surface area contributed by atoms with Crippen molar-refractivity contribution in [3.63, 3.8) is 0 Å². The van der Waals surface area contributed by atoms with E-state index in [4.69, 9.17) is 0 Å². The highest BCUT2D eigenvalue weighted by atomic mass is 33.1. The lowest BCUT2D eigenvalue weighted by atomic mass is 10.3. The molecular formula is C11H24O4S4. The van der Waals surface area contributed by atoms with Gasteiger partial charge in [0.2, 0.25) is 0 Å². The van der Waals surface area contributed by atoms with Crippen LogP contribution in [0.15, 0.2) is 0 Å². The van der Waals surface area contributed by atoms with Crippen LogP contribution in [0.3, 0.4) is 0 Å². The molecule has 0 fully saturated rings. The molecule has 0 N–H and O–H groups in total.